The molecule has 4 saturated carbocycles. The second kappa shape index (κ2) is 8.49. The maximum atomic E-state index is 12.7. The molecule has 4 bridgehead atoms. The van der Waals surface area contributed by atoms with E-state index in [2.05, 4.69) is 17.7 Å². The fourth-order valence-corrected chi connectivity index (χ4v) is 9.83. The lowest BCUT2D eigenvalue weighted by Crippen LogP contribution is -2.58. The van der Waals surface area contributed by atoms with E-state index in [9.17, 15) is 9.59 Å². The Morgan fingerprint density at radius 3 is 2.31 bits per heavy atom. The number of rotatable bonds is 5. The molecular formula is C27H34ClN4O2S+. The fraction of sp³-hybridized carbons (Fsp3) is 0.556. The van der Waals surface area contributed by atoms with Crippen molar-refractivity contribution in [1.82, 2.24) is 0 Å². The van der Waals surface area contributed by atoms with Crippen molar-refractivity contribution in [2.24, 2.45) is 28.9 Å². The van der Waals surface area contributed by atoms with E-state index in [-0.39, 0.29) is 6.03 Å². The van der Waals surface area contributed by atoms with Crippen LogP contribution in [0.15, 0.2) is 24.3 Å². The number of benzene rings is 1. The molecule has 8 heteroatoms. The van der Waals surface area contributed by atoms with Crippen molar-refractivity contribution in [2.45, 2.75) is 51.5 Å². The molecule has 2 heterocycles. The normalized spacial score (nSPS) is 32.8. The number of amides is 3. The number of carbonyl (C=O) groups is 2. The molecule has 1 aromatic heterocycles. The minimum atomic E-state index is -0.471. The van der Waals surface area contributed by atoms with E-state index in [1.54, 1.807) is 24.3 Å². The van der Waals surface area contributed by atoms with Gasteiger partial charge in [-0.05, 0) is 86.1 Å². The predicted molar refractivity (Wildman–Crippen MR) is 141 cm³/mol. The molecule has 186 valence electrons. The van der Waals surface area contributed by atoms with E-state index >= 15 is 0 Å². The lowest BCUT2D eigenvalue weighted by atomic mass is 9.49. The van der Waals surface area contributed by atoms with Crippen molar-refractivity contribution in [3.8, 4) is 0 Å². The molecule has 35 heavy (non-hydrogen) atoms. The van der Waals surface area contributed by atoms with E-state index in [1.807, 2.05) is 0 Å². The van der Waals surface area contributed by atoms with Crippen LogP contribution in [0.25, 0.3) is 0 Å². The Labute approximate surface area is 215 Å². The molecule has 1 unspecified atom stereocenters. The lowest BCUT2D eigenvalue weighted by molar-refractivity contribution is -0.931. The quantitative estimate of drug-likeness (QED) is 0.437. The highest BCUT2D eigenvalue weighted by molar-refractivity contribution is 7.17. The fourth-order valence-electron chi connectivity index (χ4n) is 8.29. The van der Waals surface area contributed by atoms with Gasteiger partial charge in [-0.3, -0.25) is 10.1 Å². The molecule has 0 spiro atoms. The Bertz CT molecular complexity index is 1140. The van der Waals surface area contributed by atoms with Crippen LogP contribution in [-0.2, 0) is 13.0 Å². The van der Waals surface area contributed by atoms with Gasteiger partial charge in [0.2, 0.25) is 0 Å². The third kappa shape index (κ3) is 4.47. The maximum absolute atomic E-state index is 12.7. The van der Waals surface area contributed by atoms with Crippen LogP contribution in [0.5, 0.6) is 0 Å². The molecule has 4 aliphatic carbocycles. The predicted octanol–water partition coefficient (Wildman–Crippen LogP) is 5.86. The Balaban J connectivity index is 1.20. The van der Waals surface area contributed by atoms with Crippen LogP contribution in [0.1, 0.15) is 59.3 Å². The zero-order chi connectivity index (χ0) is 24.4. The lowest BCUT2D eigenvalue weighted by Gasteiger charge is -2.58. The van der Waals surface area contributed by atoms with Crippen molar-refractivity contribution in [3.05, 3.63) is 45.3 Å². The Hall–Kier alpha value is -2.09. The van der Waals surface area contributed by atoms with Crippen LogP contribution < -0.4 is 16.4 Å². The largest absolute Gasteiger partial charge is 0.365 e. The molecule has 1 aromatic carbocycles. The molecule has 0 radical (unpaired) electrons. The topological polar surface area (TPSA) is 84.2 Å². The molecule has 7 rings (SSSR count). The van der Waals surface area contributed by atoms with Gasteiger partial charge in [-0.25, -0.2) is 4.79 Å². The van der Waals surface area contributed by atoms with Crippen LogP contribution in [0.3, 0.4) is 0 Å². The summed E-state index contributed by atoms with van der Waals surface area (Å²) in [4.78, 5) is 26.3. The molecular weight excluding hydrogens is 480 g/mol. The van der Waals surface area contributed by atoms with Crippen molar-refractivity contribution >= 4 is 45.6 Å². The number of primary amides is 1. The van der Waals surface area contributed by atoms with Gasteiger partial charge in [0.25, 0.3) is 5.91 Å². The highest BCUT2D eigenvalue weighted by atomic mass is 35.5. The van der Waals surface area contributed by atoms with Gasteiger partial charge in [0.1, 0.15) is 11.5 Å². The van der Waals surface area contributed by atoms with Gasteiger partial charge in [0.15, 0.2) is 0 Å². The van der Waals surface area contributed by atoms with Gasteiger partial charge < -0.3 is 15.5 Å². The zero-order valence-corrected chi connectivity index (χ0v) is 21.8. The minimum absolute atomic E-state index is 0.390. The first-order valence-corrected chi connectivity index (χ1v) is 14.0. The summed E-state index contributed by atoms with van der Waals surface area (Å²) in [5.41, 5.74) is 8.46. The maximum Gasteiger partial charge on any atom is 0.324 e. The van der Waals surface area contributed by atoms with Gasteiger partial charge in [0, 0.05) is 22.5 Å². The van der Waals surface area contributed by atoms with Crippen LogP contribution in [0.2, 0.25) is 5.02 Å². The number of thiophene rings is 1. The molecule has 1 atom stereocenters. The number of nitrogens with two attached hydrogens (primary N) is 1. The smallest absolute Gasteiger partial charge is 0.324 e. The molecule has 2 aromatic rings. The summed E-state index contributed by atoms with van der Waals surface area (Å²) >= 11 is 7.45. The van der Waals surface area contributed by atoms with Crippen molar-refractivity contribution in [1.29, 1.82) is 0 Å². The number of hydrogen-bond donors (Lipinski definition) is 3. The number of likely N-dealkylation sites (N-methyl/N-ethyl adjacent to an activating group) is 1. The van der Waals surface area contributed by atoms with Gasteiger partial charge in [0.05, 0.1) is 30.6 Å². The van der Waals surface area contributed by atoms with Gasteiger partial charge in [-0.2, -0.15) is 0 Å². The number of halogens is 1. The summed E-state index contributed by atoms with van der Waals surface area (Å²) in [5, 5.41) is 6.86. The third-order valence-corrected chi connectivity index (χ3v) is 10.4. The highest BCUT2D eigenvalue weighted by Gasteiger charge is 2.54. The summed E-state index contributed by atoms with van der Waals surface area (Å²) < 4.78 is 1.02. The average molecular weight is 514 g/mol. The van der Waals surface area contributed by atoms with Crippen LogP contribution in [0.4, 0.5) is 15.5 Å². The average Bonchev–Trinajstić information content (AvgIpc) is 3.10. The summed E-state index contributed by atoms with van der Waals surface area (Å²) in [7, 11) is 2.39. The molecule has 4 fully saturated rings. The SMILES string of the molecule is C[N+]1(CC23CC4CC(CC(C4)C2)C3)CCc2c(sc(NC(=O)Nc3ccc(Cl)cc3)c2C(N)=O)C1. The Morgan fingerprint density at radius 2 is 1.71 bits per heavy atom. The second-order valence-corrected chi connectivity index (χ2v) is 13.5. The summed E-state index contributed by atoms with van der Waals surface area (Å²) in [6.45, 7) is 3.16. The highest BCUT2D eigenvalue weighted by Crippen LogP contribution is 2.60. The summed E-state index contributed by atoms with van der Waals surface area (Å²) in [5.74, 6) is 2.38. The van der Waals surface area contributed by atoms with E-state index < -0.39 is 5.91 Å². The monoisotopic (exact) mass is 513 g/mol. The Morgan fingerprint density at radius 1 is 1.09 bits per heavy atom. The summed E-state index contributed by atoms with van der Waals surface area (Å²) in [6.07, 6.45) is 9.46. The molecule has 1 aliphatic heterocycles. The molecule has 3 amide bonds. The van der Waals surface area contributed by atoms with E-state index in [4.69, 9.17) is 17.3 Å². The second-order valence-electron chi connectivity index (χ2n) is 12.0. The van der Waals surface area contributed by atoms with Crippen LogP contribution in [-0.4, -0.2) is 36.6 Å². The number of nitrogens with zero attached hydrogens (tertiary/aromatic N) is 1. The standard InChI is InChI=1S/C27H33ClN4O2S/c1-32(15-27-11-16-8-17(12-27)10-18(9-16)13-27)7-6-21-22(14-32)35-25(23(21)24(29)33)31-26(34)30-20-4-2-19(28)3-5-20/h2-5,16-18H,6-15H2,1H3,(H3-,29,30,31,33,34)/p+1. The van der Waals surface area contributed by atoms with Crippen molar-refractivity contribution < 1.29 is 14.1 Å². The molecule has 4 N–H and O–H groups in total. The van der Waals surface area contributed by atoms with E-state index in [1.165, 1.54) is 61.3 Å². The number of urea groups is 1. The summed E-state index contributed by atoms with van der Waals surface area (Å²) in [6, 6.07) is 6.53. The van der Waals surface area contributed by atoms with E-state index in [0.29, 0.717) is 26.7 Å². The van der Waals surface area contributed by atoms with Crippen LogP contribution >= 0.6 is 22.9 Å². The number of carbonyl (C=O) groups excluding carboxylic acids is 2. The minimum Gasteiger partial charge on any atom is -0.365 e. The molecule has 5 aliphatic rings. The van der Waals surface area contributed by atoms with Crippen molar-refractivity contribution in [2.75, 3.05) is 30.8 Å². The van der Waals surface area contributed by atoms with Gasteiger partial charge in [-0.1, -0.05) is 11.6 Å². The zero-order valence-electron chi connectivity index (χ0n) is 20.2. The van der Waals surface area contributed by atoms with Gasteiger partial charge in [-0.15, -0.1) is 11.3 Å². The first-order chi connectivity index (χ1) is 16.7. The first kappa shape index (κ1) is 23.3. The third-order valence-electron chi connectivity index (χ3n) is 8.98. The van der Waals surface area contributed by atoms with E-state index in [0.717, 1.165) is 47.3 Å². The number of fused-ring (bicyclic) bond motifs is 1. The first-order valence-electron chi connectivity index (χ1n) is 12.8. The number of hydrogen-bond acceptors (Lipinski definition) is 3. The number of anilines is 2. The molecule has 0 saturated heterocycles. The molecule has 6 nitrogen and oxygen atoms in total. The number of quaternary nitrogens is 1. The van der Waals surface area contributed by atoms with Gasteiger partial charge >= 0.3 is 6.03 Å². The van der Waals surface area contributed by atoms with Crippen LogP contribution in [0, 0.1) is 23.2 Å². The number of nitrogens with one attached hydrogen (secondary N) is 2. The van der Waals surface area contributed by atoms with Crippen molar-refractivity contribution in [3.63, 3.8) is 0 Å². The Kier molecular flexibility index (Phi) is 5.66.